The number of halogens is 3. The molecule has 4 aromatic rings. The van der Waals surface area contributed by atoms with Crippen LogP contribution in [0, 0.1) is 23.6 Å². The minimum absolute atomic E-state index is 0.0618. The fourth-order valence-corrected chi connectivity index (χ4v) is 11.3. The molecule has 6 heteroatoms. The van der Waals surface area contributed by atoms with E-state index < -0.39 is 33.6 Å². The van der Waals surface area contributed by atoms with Crippen molar-refractivity contribution < 1.29 is 13.2 Å². The minimum Gasteiger partial charge on any atom is -0.201 e. The maximum absolute atomic E-state index is 16.0. The van der Waals surface area contributed by atoms with Crippen LogP contribution in [-0.2, 0) is 6.42 Å². The third-order valence-corrected chi connectivity index (χ3v) is 13.8. The van der Waals surface area contributed by atoms with Gasteiger partial charge in [0.25, 0.3) is 5.95 Å². The highest BCUT2D eigenvalue weighted by molar-refractivity contribution is 7.76. The number of nitrogens with zero attached hydrogens (tertiary/aromatic N) is 1. The van der Waals surface area contributed by atoms with Gasteiger partial charge in [0, 0.05) is 16.8 Å². The van der Waals surface area contributed by atoms with Gasteiger partial charge in [0.05, 0.1) is 0 Å². The van der Waals surface area contributed by atoms with Gasteiger partial charge >= 0.3 is 0 Å². The third kappa shape index (κ3) is 6.11. The van der Waals surface area contributed by atoms with E-state index in [2.05, 4.69) is 56.9 Å². The summed E-state index contributed by atoms with van der Waals surface area (Å²) in [5.41, 5.74) is 4.87. The van der Waals surface area contributed by atoms with Gasteiger partial charge in [0.2, 0.25) is 5.95 Å². The summed E-state index contributed by atoms with van der Waals surface area (Å²) in [4.78, 5) is 3.40. The van der Waals surface area contributed by atoms with Gasteiger partial charge in [-0.2, -0.15) is 13.8 Å². The summed E-state index contributed by atoms with van der Waals surface area (Å²) in [5.74, 6) is -3.35. The van der Waals surface area contributed by atoms with E-state index in [-0.39, 0.29) is 23.2 Å². The van der Waals surface area contributed by atoms with Gasteiger partial charge in [0.1, 0.15) is 0 Å². The molecule has 1 unspecified atom stereocenters. The summed E-state index contributed by atoms with van der Waals surface area (Å²) in [6, 6.07) is 30.4. The molecule has 1 aliphatic rings. The second-order valence-corrected chi connectivity index (χ2v) is 15.1. The molecule has 1 aliphatic carbocycles. The van der Waals surface area contributed by atoms with E-state index in [0.29, 0.717) is 6.16 Å². The fourth-order valence-electron chi connectivity index (χ4n) is 5.74. The molecule has 1 heterocycles. The first-order valence-corrected chi connectivity index (χ1v) is 16.9. The molecule has 0 amide bonds. The fraction of sp³-hybridized carbons (Fsp3) is 0.229. The lowest BCUT2D eigenvalue weighted by molar-refractivity contribution is 0.444. The molecule has 0 fully saturated rings. The van der Waals surface area contributed by atoms with Crippen molar-refractivity contribution >= 4 is 37.1 Å². The molecule has 0 bridgehead atoms. The average Bonchev–Trinajstić information content (AvgIpc) is 3.18. The number of benzene rings is 3. The van der Waals surface area contributed by atoms with Crippen molar-refractivity contribution in [3.8, 4) is 0 Å². The first kappa shape index (κ1) is 29.4. The first-order valence-electron chi connectivity index (χ1n) is 13.9. The number of pyridine rings is 1. The molecule has 1 nitrogen and oxygen atoms in total. The Balaban J connectivity index is 1.60. The Hall–Kier alpha value is -3.06. The van der Waals surface area contributed by atoms with Crippen LogP contribution >= 0.6 is 15.8 Å². The normalized spacial score (nSPS) is 14.8. The van der Waals surface area contributed by atoms with Crippen LogP contribution in [0.5, 0.6) is 0 Å². The highest BCUT2D eigenvalue weighted by Crippen LogP contribution is 2.44. The van der Waals surface area contributed by atoms with Crippen LogP contribution in [0.4, 0.5) is 13.2 Å². The van der Waals surface area contributed by atoms with Crippen molar-refractivity contribution in [1.82, 2.24) is 4.98 Å². The van der Waals surface area contributed by atoms with Crippen molar-refractivity contribution in [2.24, 2.45) is 5.92 Å². The summed E-state index contributed by atoms with van der Waals surface area (Å²) < 4.78 is 46.5. The average molecular weight is 588 g/mol. The van der Waals surface area contributed by atoms with Crippen molar-refractivity contribution in [3.63, 3.8) is 0 Å². The SMILES string of the molecule is CC1=C(C)C(Cc2c(F)nc(F)c(F)c2P(CCP(c2ccccc2)c2ccccc2)c2ccccc2)C(C)=C1C. The van der Waals surface area contributed by atoms with Crippen LogP contribution in [0.2, 0.25) is 0 Å². The molecule has 0 spiro atoms. The number of hydrogen-bond donors (Lipinski definition) is 0. The molecule has 1 aromatic heterocycles. The second kappa shape index (κ2) is 12.8. The van der Waals surface area contributed by atoms with Gasteiger partial charge < -0.3 is 0 Å². The number of hydrogen-bond acceptors (Lipinski definition) is 1. The Morgan fingerprint density at radius 1 is 0.585 bits per heavy atom. The van der Waals surface area contributed by atoms with Gasteiger partial charge in [-0.25, -0.2) is 4.39 Å². The van der Waals surface area contributed by atoms with Crippen molar-refractivity contribution in [1.29, 1.82) is 0 Å². The maximum atomic E-state index is 16.0. The Kier molecular flexibility index (Phi) is 9.22. The molecule has 0 aliphatic heterocycles. The molecule has 0 N–H and O–H groups in total. The minimum atomic E-state index is -1.42. The Morgan fingerprint density at radius 2 is 1.00 bits per heavy atom. The highest BCUT2D eigenvalue weighted by Gasteiger charge is 2.32. The topological polar surface area (TPSA) is 12.9 Å². The molecule has 0 saturated heterocycles. The predicted molar refractivity (Wildman–Crippen MR) is 169 cm³/mol. The van der Waals surface area contributed by atoms with Gasteiger partial charge in [0.15, 0.2) is 5.82 Å². The summed E-state index contributed by atoms with van der Waals surface area (Å²) in [5, 5.41) is 3.52. The van der Waals surface area contributed by atoms with Crippen LogP contribution in [0.1, 0.15) is 33.3 Å². The lowest BCUT2D eigenvalue weighted by atomic mass is 9.90. The second-order valence-electron chi connectivity index (χ2n) is 10.5. The van der Waals surface area contributed by atoms with E-state index in [4.69, 9.17) is 0 Å². The number of aromatic nitrogens is 1. The van der Waals surface area contributed by atoms with Gasteiger partial charge in [-0.1, -0.05) is 102 Å². The predicted octanol–water partition coefficient (Wildman–Crippen LogP) is 7.91. The zero-order chi connectivity index (χ0) is 29.1. The van der Waals surface area contributed by atoms with Crippen LogP contribution in [0.3, 0.4) is 0 Å². The van der Waals surface area contributed by atoms with Crippen LogP contribution in [0.25, 0.3) is 0 Å². The first-order chi connectivity index (χ1) is 19.8. The van der Waals surface area contributed by atoms with Crippen LogP contribution < -0.4 is 21.2 Å². The third-order valence-electron chi connectivity index (χ3n) is 8.34. The van der Waals surface area contributed by atoms with E-state index in [9.17, 15) is 4.39 Å². The van der Waals surface area contributed by atoms with Crippen molar-refractivity contribution in [2.45, 2.75) is 34.1 Å². The summed E-state index contributed by atoms with van der Waals surface area (Å²) in [6.45, 7) is 8.25. The zero-order valence-electron chi connectivity index (χ0n) is 23.8. The maximum Gasteiger partial charge on any atom is 0.252 e. The molecular formula is C35H34F3NP2. The standard InChI is InChI=1S/C35H34F3NP2/c1-23-24(2)26(4)30(25(23)3)22-31-33(32(36)35(38)39-34(31)37)41(29-18-12-7-13-19-29)21-20-40(27-14-8-5-9-15-27)28-16-10-6-11-17-28/h5-19,30H,20-22H2,1-4H3. The highest BCUT2D eigenvalue weighted by atomic mass is 31.1. The van der Waals surface area contributed by atoms with Gasteiger partial charge in [-0.15, -0.1) is 0 Å². The lowest BCUT2D eigenvalue weighted by Crippen LogP contribution is -2.28. The monoisotopic (exact) mass is 587 g/mol. The largest absolute Gasteiger partial charge is 0.252 e. The number of rotatable bonds is 9. The smallest absolute Gasteiger partial charge is 0.201 e. The van der Waals surface area contributed by atoms with E-state index >= 15 is 8.78 Å². The molecule has 5 rings (SSSR count). The Bertz CT molecular complexity index is 1520. The molecule has 1 atom stereocenters. The molecule has 41 heavy (non-hydrogen) atoms. The zero-order valence-corrected chi connectivity index (χ0v) is 25.6. The van der Waals surface area contributed by atoms with E-state index in [1.807, 2.05) is 66.7 Å². The summed E-state index contributed by atoms with van der Waals surface area (Å²) in [6.07, 6.45) is 1.61. The van der Waals surface area contributed by atoms with E-state index in [1.54, 1.807) is 0 Å². The lowest BCUT2D eigenvalue weighted by Gasteiger charge is -2.27. The molecular weight excluding hydrogens is 553 g/mol. The Morgan fingerprint density at radius 3 is 1.46 bits per heavy atom. The molecule has 210 valence electrons. The van der Waals surface area contributed by atoms with Gasteiger partial charge in [-0.3, -0.25) is 0 Å². The van der Waals surface area contributed by atoms with Crippen molar-refractivity contribution in [3.05, 3.63) is 137 Å². The van der Waals surface area contributed by atoms with Gasteiger partial charge in [-0.05, 0) is 89.3 Å². The quantitative estimate of drug-likeness (QED) is 0.143. The number of allylic oxidation sites excluding steroid dienone is 4. The van der Waals surface area contributed by atoms with Crippen LogP contribution in [-0.4, -0.2) is 17.3 Å². The van der Waals surface area contributed by atoms with E-state index in [0.717, 1.165) is 22.6 Å². The van der Waals surface area contributed by atoms with Crippen LogP contribution in [0.15, 0.2) is 113 Å². The molecule has 3 aromatic carbocycles. The Labute approximate surface area is 243 Å². The molecule has 0 radical (unpaired) electrons. The molecule has 0 saturated carbocycles. The summed E-state index contributed by atoms with van der Waals surface area (Å²) in [7, 11) is -2.18. The van der Waals surface area contributed by atoms with Crippen molar-refractivity contribution in [2.75, 3.05) is 12.3 Å². The van der Waals surface area contributed by atoms with E-state index in [1.165, 1.54) is 21.8 Å². The summed E-state index contributed by atoms with van der Waals surface area (Å²) >= 11 is 0.